The second-order valence-electron chi connectivity index (χ2n) is 4.91. The van der Waals surface area contributed by atoms with Crippen molar-refractivity contribution in [3.05, 3.63) is 17.7 Å². The van der Waals surface area contributed by atoms with Crippen LogP contribution in [0.3, 0.4) is 0 Å². The van der Waals surface area contributed by atoms with Gasteiger partial charge in [0, 0.05) is 12.6 Å². The van der Waals surface area contributed by atoms with Crippen LogP contribution in [0.5, 0.6) is 0 Å². The van der Waals surface area contributed by atoms with Gasteiger partial charge in [-0.15, -0.1) is 0 Å². The van der Waals surface area contributed by atoms with E-state index in [0.29, 0.717) is 11.9 Å². The topological polar surface area (TPSA) is 42.1 Å². The molecule has 1 saturated carbocycles. The van der Waals surface area contributed by atoms with Crippen molar-refractivity contribution in [2.75, 3.05) is 17.2 Å². The summed E-state index contributed by atoms with van der Waals surface area (Å²) < 4.78 is 38.3. The molecule has 1 heterocycles. The third-order valence-corrected chi connectivity index (χ3v) is 3.19. The fourth-order valence-corrected chi connectivity index (χ4v) is 2.05. The Kier molecular flexibility index (Phi) is 3.87. The highest BCUT2D eigenvalue weighted by Crippen LogP contribution is 2.36. The molecule has 0 radical (unpaired) electrons. The van der Waals surface area contributed by atoms with E-state index in [0.717, 1.165) is 44.4 Å². The smallest absolute Gasteiger partial charge is 0.384 e. The summed E-state index contributed by atoms with van der Waals surface area (Å²) in [5.41, 5.74) is 4.78. The number of halogens is 3. The minimum Gasteiger partial charge on any atom is -0.384 e. The van der Waals surface area contributed by atoms with Crippen molar-refractivity contribution in [2.24, 2.45) is 0 Å². The highest BCUT2D eigenvalue weighted by molar-refractivity contribution is 5.50. The van der Waals surface area contributed by atoms with Gasteiger partial charge in [0.1, 0.15) is 11.6 Å². The number of pyridine rings is 1. The van der Waals surface area contributed by atoms with Crippen LogP contribution in [0.25, 0.3) is 0 Å². The van der Waals surface area contributed by atoms with Gasteiger partial charge in [-0.1, -0.05) is 13.3 Å². The summed E-state index contributed by atoms with van der Waals surface area (Å²) >= 11 is 0. The standard InChI is InChI=1S/C13H18F3N3/c1-2-3-6-19(10-4-5-10)12-8-9(13(14,15)16)7-11(17)18-12/h7-8,10H,2-6H2,1H3,(H2,17,18). The number of anilines is 2. The fourth-order valence-electron chi connectivity index (χ4n) is 2.05. The van der Waals surface area contributed by atoms with Gasteiger partial charge < -0.3 is 10.6 Å². The van der Waals surface area contributed by atoms with Crippen molar-refractivity contribution >= 4 is 11.6 Å². The van der Waals surface area contributed by atoms with Gasteiger partial charge in [-0.3, -0.25) is 0 Å². The lowest BCUT2D eigenvalue weighted by Gasteiger charge is -2.24. The summed E-state index contributed by atoms with van der Waals surface area (Å²) in [4.78, 5) is 6.02. The molecule has 1 aliphatic rings. The van der Waals surface area contributed by atoms with Crippen molar-refractivity contribution in [1.29, 1.82) is 0 Å². The number of aromatic nitrogens is 1. The van der Waals surface area contributed by atoms with Gasteiger partial charge in [-0.05, 0) is 31.4 Å². The SMILES string of the molecule is CCCCN(c1cc(C(F)(F)F)cc(N)n1)C1CC1. The first-order valence-corrected chi connectivity index (χ1v) is 6.53. The molecule has 19 heavy (non-hydrogen) atoms. The van der Waals surface area contributed by atoms with Crippen LogP contribution in [0.4, 0.5) is 24.8 Å². The Morgan fingerprint density at radius 2 is 2.05 bits per heavy atom. The summed E-state index contributed by atoms with van der Waals surface area (Å²) in [6.07, 6.45) is -0.416. The van der Waals surface area contributed by atoms with E-state index >= 15 is 0 Å². The molecule has 0 bridgehead atoms. The maximum atomic E-state index is 12.8. The van der Waals surface area contributed by atoms with Crippen LogP contribution in [0.2, 0.25) is 0 Å². The van der Waals surface area contributed by atoms with Gasteiger partial charge in [0.05, 0.1) is 5.56 Å². The lowest BCUT2D eigenvalue weighted by atomic mass is 10.2. The number of hydrogen-bond acceptors (Lipinski definition) is 3. The van der Waals surface area contributed by atoms with E-state index < -0.39 is 11.7 Å². The average molecular weight is 273 g/mol. The lowest BCUT2D eigenvalue weighted by Crippen LogP contribution is -2.28. The third-order valence-electron chi connectivity index (χ3n) is 3.19. The zero-order chi connectivity index (χ0) is 14.0. The van der Waals surface area contributed by atoms with E-state index in [9.17, 15) is 13.2 Å². The van der Waals surface area contributed by atoms with Crippen LogP contribution in [0.1, 0.15) is 38.2 Å². The van der Waals surface area contributed by atoms with E-state index in [-0.39, 0.29) is 5.82 Å². The Hall–Kier alpha value is -1.46. The normalized spacial score (nSPS) is 15.6. The molecule has 1 aromatic heterocycles. The zero-order valence-corrected chi connectivity index (χ0v) is 10.9. The summed E-state index contributed by atoms with van der Waals surface area (Å²) in [6, 6.07) is 2.31. The van der Waals surface area contributed by atoms with Gasteiger partial charge >= 0.3 is 6.18 Å². The molecule has 1 fully saturated rings. The molecule has 3 nitrogen and oxygen atoms in total. The van der Waals surface area contributed by atoms with Gasteiger partial charge in [0.25, 0.3) is 0 Å². The second kappa shape index (κ2) is 5.27. The Morgan fingerprint density at radius 3 is 2.58 bits per heavy atom. The van der Waals surface area contributed by atoms with Crippen LogP contribution in [0.15, 0.2) is 12.1 Å². The first-order chi connectivity index (χ1) is 8.91. The van der Waals surface area contributed by atoms with Gasteiger partial charge in [0.2, 0.25) is 0 Å². The Bertz CT molecular complexity index is 441. The maximum Gasteiger partial charge on any atom is 0.416 e. The molecule has 2 rings (SSSR count). The molecule has 0 atom stereocenters. The van der Waals surface area contributed by atoms with Crippen molar-refractivity contribution in [2.45, 2.75) is 44.8 Å². The largest absolute Gasteiger partial charge is 0.416 e. The number of hydrogen-bond donors (Lipinski definition) is 1. The molecular weight excluding hydrogens is 255 g/mol. The Balaban J connectivity index is 2.28. The van der Waals surface area contributed by atoms with Crippen LogP contribution in [-0.4, -0.2) is 17.6 Å². The lowest BCUT2D eigenvalue weighted by molar-refractivity contribution is -0.137. The molecule has 0 unspecified atom stereocenters. The molecule has 0 aliphatic heterocycles. The van der Waals surface area contributed by atoms with Crippen LogP contribution >= 0.6 is 0 Å². The molecule has 2 N–H and O–H groups in total. The maximum absolute atomic E-state index is 12.8. The Morgan fingerprint density at radius 1 is 1.37 bits per heavy atom. The Labute approximate surface area is 110 Å². The first kappa shape index (κ1) is 14.0. The third kappa shape index (κ3) is 3.52. The van der Waals surface area contributed by atoms with Crippen LogP contribution < -0.4 is 10.6 Å². The highest BCUT2D eigenvalue weighted by Gasteiger charge is 2.34. The minimum absolute atomic E-state index is 0.0769. The molecule has 6 heteroatoms. The molecule has 0 spiro atoms. The number of rotatable bonds is 5. The van der Waals surface area contributed by atoms with E-state index in [1.165, 1.54) is 0 Å². The first-order valence-electron chi connectivity index (χ1n) is 6.53. The molecule has 106 valence electrons. The van der Waals surface area contributed by atoms with E-state index in [1.807, 2.05) is 4.90 Å². The second-order valence-corrected chi connectivity index (χ2v) is 4.91. The molecule has 1 aliphatic carbocycles. The number of nitrogen functional groups attached to an aromatic ring is 1. The number of nitrogens with two attached hydrogens (primary N) is 1. The predicted molar refractivity (Wildman–Crippen MR) is 68.9 cm³/mol. The highest BCUT2D eigenvalue weighted by atomic mass is 19.4. The van der Waals surface area contributed by atoms with E-state index in [2.05, 4.69) is 11.9 Å². The number of alkyl halides is 3. The van der Waals surface area contributed by atoms with Crippen LogP contribution in [-0.2, 0) is 6.18 Å². The van der Waals surface area contributed by atoms with Gasteiger partial charge in [-0.25, -0.2) is 4.98 Å². The van der Waals surface area contributed by atoms with Crippen molar-refractivity contribution in [3.8, 4) is 0 Å². The fraction of sp³-hybridized carbons (Fsp3) is 0.615. The number of unbranched alkanes of at least 4 members (excludes halogenated alkanes) is 1. The molecule has 0 saturated heterocycles. The van der Waals surface area contributed by atoms with Crippen molar-refractivity contribution in [3.63, 3.8) is 0 Å². The van der Waals surface area contributed by atoms with Crippen LogP contribution in [0, 0.1) is 0 Å². The summed E-state index contributed by atoms with van der Waals surface area (Å²) in [5.74, 6) is 0.273. The average Bonchev–Trinajstić information content (AvgIpc) is 3.12. The molecule has 0 aromatic carbocycles. The van der Waals surface area contributed by atoms with Gasteiger partial charge in [0.15, 0.2) is 0 Å². The monoisotopic (exact) mass is 273 g/mol. The van der Waals surface area contributed by atoms with E-state index in [1.54, 1.807) is 0 Å². The molecular formula is C13H18F3N3. The summed E-state index contributed by atoms with van der Waals surface area (Å²) in [7, 11) is 0. The zero-order valence-electron chi connectivity index (χ0n) is 10.9. The summed E-state index contributed by atoms with van der Waals surface area (Å²) in [5, 5.41) is 0. The predicted octanol–water partition coefficient (Wildman–Crippen LogP) is 3.45. The van der Waals surface area contributed by atoms with Crippen molar-refractivity contribution in [1.82, 2.24) is 4.98 Å². The minimum atomic E-state index is -4.38. The quantitative estimate of drug-likeness (QED) is 0.893. The van der Waals surface area contributed by atoms with Crippen molar-refractivity contribution < 1.29 is 13.2 Å². The number of nitrogens with zero attached hydrogens (tertiary/aromatic N) is 2. The molecule has 1 aromatic rings. The molecule has 0 amide bonds. The van der Waals surface area contributed by atoms with E-state index in [4.69, 9.17) is 5.73 Å². The van der Waals surface area contributed by atoms with Gasteiger partial charge in [-0.2, -0.15) is 13.2 Å². The summed E-state index contributed by atoms with van der Waals surface area (Å²) in [6.45, 7) is 2.79.